The molecule has 0 bridgehead atoms. The minimum atomic E-state index is -0.213. The van der Waals surface area contributed by atoms with Crippen LogP contribution in [0.1, 0.15) is 38.6 Å². The van der Waals surface area contributed by atoms with Crippen LogP contribution in [0.15, 0.2) is 36.5 Å². The number of rotatable bonds is 7. The standard InChI is InChI=1S/C19H23N7O2/c1-2-28-16-9-7-14(8-10-16)19-22-24-25(23-19)13-18(27)21-17-11-12-20-26(17)15-5-3-4-6-15/h7-12,15H,2-6,13H2,1H3,(H,21,27). The summed E-state index contributed by atoms with van der Waals surface area (Å²) in [4.78, 5) is 13.7. The van der Waals surface area contributed by atoms with Crippen LogP contribution in [0.2, 0.25) is 0 Å². The van der Waals surface area contributed by atoms with Crippen molar-refractivity contribution in [3.05, 3.63) is 36.5 Å². The van der Waals surface area contributed by atoms with Gasteiger partial charge in [-0.05, 0) is 49.2 Å². The van der Waals surface area contributed by atoms with Crippen molar-refractivity contribution >= 4 is 11.7 Å². The van der Waals surface area contributed by atoms with Gasteiger partial charge in [0.05, 0.1) is 18.8 Å². The van der Waals surface area contributed by atoms with E-state index in [2.05, 4.69) is 25.8 Å². The van der Waals surface area contributed by atoms with E-state index in [0.717, 1.165) is 24.2 Å². The molecular formula is C19H23N7O2. The van der Waals surface area contributed by atoms with E-state index in [1.54, 1.807) is 6.20 Å². The summed E-state index contributed by atoms with van der Waals surface area (Å²) in [6, 6.07) is 9.63. The van der Waals surface area contributed by atoms with E-state index in [4.69, 9.17) is 4.74 Å². The normalized spacial score (nSPS) is 14.3. The molecule has 1 aliphatic carbocycles. The number of ether oxygens (including phenoxy) is 1. The Kier molecular flexibility index (Phi) is 5.31. The van der Waals surface area contributed by atoms with Crippen LogP contribution >= 0.6 is 0 Å². The van der Waals surface area contributed by atoms with Crippen molar-refractivity contribution in [2.24, 2.45) is 0 Å². The molecule has 1 aromatic carbocycles. The Morgan fingerprint density at radius 1 is 1.21 bits per heavy atom. The molecular weight excluding hydrogens is 358 g/mol. The number of carbonyl (C=O) groups is 1. The monoisotopic (exact) mass is 381 g/mol. The average Bonchev–Trinajstić information content (AvgIpc) is 3.44. The van der Waals surface area contributed by atoms with Gasteiger partial charge in [0.25, 0.3) is 0 Å². The van der Waals surface area contributed by atoms with Gasteiger partial charge in [0.2, 0.25) is 11.7 Å². The Labute approximate surface area is 162 Å². The molecule has 1 saturated carbocycles. The van der Waals surface area contributed by atoms with Gasteiger partial charge < -0.3 is 10.1 Å². The SMILES string of the molecule is CCOc1ccc(-c2nnn(CC(=O)Nc3ccnn3C3CCCC3)n2)cc1. The van der Waals surface area contributed by atoms with Gasteiger partial charge in [-0.25, -0.2) is 4.68 Å². The van der Waals surface area contributed by atoms with E-state index in [-0.39, 0.29) is 12.5 Å². The molecule has 4 rings (SSSR count). The van der Waals surface area contributed by atoms with Crippen molar-refractivity contribution in [3.63, 3.8) is 0 Å². The van der Waals surface area contributed by atoms with E-state index in [9.17, 15) is 4.79 Å². The molecule has 146 valence electrons. The number of hydrogen-bond acceptors (Lipinski definition) is 6. The maximum absolute atomic E-state index is 12.4. The Hall–Kier alpha value is -3.23. The summed E-state index contributed by atoms with van der Waals surface area (Å²) in [5, 5.41) is 19.6. The van der Waals surface area contributed by atoms with Gasteiger partial charge in [0.1, 0.15) is 18.1 Å². The van der Waals surface area contributed by atoms with Gasteiger partial charge in [0, 0.05) is 11.6 Å². The summed E-state index contributed by atoms with van der Waals surface area (Å²) >= 11 is 0. The Morgan fingerprint density at radius 3 is 2.75 bits per heavy atom. The highest BCUT2D eigenvalue weighted by molar-refractivity contribution is 5.89. The molecule has 28 heavy (non-hydrogen) atoms. The minimum absolute atomic E-state index is 0.0140. The number of benzene rings is 1. The first-order chi connectivity index (χ1) is 13.7. The second-order valence-electron chi connectivity index (χ2n) is 6.75. The van der Waals surface area contributed by atoms with Gasteiger partial charge in [-0.3, -0.25) is 4.79 Å². The lowest BCUT2D eigenvalue weighted by atomic mass is 10.2. The molecule has 0 spiro atoms. The minimum Gasteiger partial charge on any atom is -0.494 e. The zero-order valence-electron chi connectivity index (χ0n) is 15.8. The highest BCUT2D eigenvalue weighted by Crippen LogP contribution is 2.31. The van der Waals surface area contributed by atoms with E-state index in [1.165, 1.54) is 17.6 Å². The largest absolute Gasteiger partial charge is 0.494 e. The van der Waals surface area contributed by atoms with Gasteiger partial charge in [-0.15, -0.1) is 10.2 Å². The fraction of sp³-hybridized carbons (Fsp3) is 0.421. The number of anilines is 1. The van der Waals surface area contributed by atoms with Gasteiger partial charge in [-0.2, -0.15) is 9.90 Å². The van der Waals surface area contributed by atoms with Crippen molar-refractivity contribution in [2.75, 3.05) is 11.9 Å². The molecule has 1 aliphatic rings. The molecule has 0 aliphatic heterocycles. The van der Waals surface area contributed by atoms with Crippen LogP contribution in [0.3, 0.4) is 0 Å². The number of nitrogens with zero attached hydrogens (tertiary/aromatic N) is 6. The van der Waals surface area contributed by atoms with Gasteiger partial charge in [-0.1, -0.05) is 12.8 Å². The lowest BCUT2D eigenvalue weighted by Crippen LogP contribution is -2.23. The van der Waals surface area contributed by atoms with Crippen LogP contribution in [0.25, 0.3) is 11.4 Å². The fourth-order valence-corrected chi connectivity index (χ4v) is 3.46. The Morgan fingerprint density at radius 2 is 2.00 bits per heavy atom. The molecule has 1 amide bonds. The summed E-state index contributed by atoms with van der Waals surface area (Å²) in [5.41, 5.74) is 0.814. The predicted octanol–water partition coefficient (Wildman–Crippen LogP) is 2.69. The molecule has 2 aromatic heterocycles. The molecule has 2 heterocycles. The van der Waals surface area contributed by atoms with Gasteiger partial charge >= 0.3 is 0 Å². The van der Waals surface area contributed by atoms with Crippen LogP contribution in [-0.4, -0.2) is 42.5 Å². The van der Waals surface area contributed by atoms with Gasteiger partial charge in [0.15, 0.2) is 0 Å². The Balaban J connectivity index is 1.39. The average molecular weight is 381 g/mol. The number of amides is 1. The third-order valence-corrected chi connectivity index (χ3v) is 4.77. The van der Waals surface area contributed by atoms with E-state index < -0.39 is 0 Å². The number of tetrazole rings is 1. The van der Waals surface area contributed by atoms with Crippen molar-refractivity contribution in [3.8, 4) is 17.1 Å². The number of hydrogen-bond donors (Lipinski definition) is 1. The topological polar surface area (TPSA) is 99.8 Å². The smallest absolute Gasteiger partial charge is 0.249 e. The summed E-state index contributed by atoms with van der Waals surface area (Å²) in [7, 11) is 0. The van der Waals surface area contributed by atoms with Crippen molar-refractivity contribution in [1.82, 2.24) is 30.0 Å². The molecule has 0 atom stereocenters. The lowest BCUT2D eigenvalue weighted by Gasteiger charge is -2.14. The summed E-state index contributed by atoms with van der Waals surface area (Å²) in [6.45, 7) is 2.54. The van der Waals surface area contributed by atoms with Crippen molar-refractivity contribution in [1.29, 1.82) is 0 Å². The highest BCUT2D eigenvalue weighted by atomic mass is 16.5. The second-order valence-corrected chi connectivity index (χ2v) is 6.75. The predicted molar refractivity (Wildman–Crippen MR) is 103 cm³/mol. The summed E-state index contributed by atoms with van der Waals surface area (Å²) < 4.78 is 7.34. The maximum Gasteiger partial charge on any atom is 0.249 e. The molecule has 9 heteroatoms. The summed E-state index contributed by atoms with van der Waals surface area (Å²) in [6.07, 6.45) is 6.32. The second kappa shape index (κ2) is 8.20. The van der Waals surface area contributed by atoms with Crippen LogP contribution < -0.4 is 10.1 Å². The molecule has 3 aromatic rings. The first-order valence-corrected chi connectivity index (χ1v) is 9.57. The number of nitrogens with one attached hydrogen (secondary N) is 1. The Bertz CT molecular complexity index is 926. The molecule has 1 N–H and O–H groups in total. The molecule has 0 unspecified atom stereocenters. The van der Waals surface area contributed by atoms with Crippen molar-refractivity contribution < 1.29 is 9.53 Å². The first-order valence-electron chi connectivity index (χ1n) is 9.57. The third kappa shape index (κ3) is 4.03. The van der Waals surface area contributed by atoms with E-state index >= 15 is 0 Å². The van der Waals surface area contributed by atoms with Crippen LogP contribution in [0.5, 0.6) is 5.75 Å². The van der Waals surface area contributed by atoms with E-state index in [0.29, 0.717) is 24.3 Å². The number of carbonyl (C=O) groups excluding carboxylic acids is 1. The zero-order valence-corrected chi connectivity index (χ0v) is 15.8. The first kappa shape index (κ1) is 18.1. The fourth-order valence-electron chi connectivity index (χ4n) is 3.46. The quantitative estimate of drug-likeness (QED) is 0.675. The molecule has 0 radical (unpaired) electrons. The third-order valence-electron chi connectivity index (χ3n) is 4.77. The van der Waals surface area contributed by atoms with E-state index in [1.807, 2.05) is 41.9 Å². The molecule has 9 nitrogen and oxygen atoms in total. The van der Waals surface area contributed by atoms with Crippen LogP contribution in [0.4, 0.5) is 5.82 Å². The number of aromatic nitrogens is 6. The van der Waals surface area contributed by atoms with Crippen LogP contribution in [0, 0.1) is 0 Å². The lowest BCUT2D eigenvalue weighted by molar-refractivity contribution is -0.117. The summed E-state index contributed by atoms with van der Waals surface area (Å²) in [5.74, 6) is 1.75. The zero-order chi connectivity index (χ0) is 19.3. The maximum atomic E-state index is 12.4. The highest BCUT2D eigenvalue weighted by Gasteiger charge is 2.20. The van der Waals surface area contributed by atoms with Crippen molar-refractivity contribution in [2.45, 2.75) is 45.2 Å². The molecule has 1 fully saturated rings. The van der Waals surface area contributed by atoms with Crippen LogP contribution in [-0.2, 0) is 11.3 Å². The molecule has 0 saturated heterocycles.